The van der Waals surface area contributed by atoms with Crippen molar-refractivity contribution in [1.82, 2.24) is 20.4 Å². The van der Waals surface area contributed by atoms with E-state index < -0.39 is 48.3 Å². The molecule has 2 unspecified atom stereocenters. The van der Waals surface area contributed by atoms with Gasteiger partial charge in [0.25, 0.3) is 11.8 Å². The van der Waals surface area contributed by atoms with Crippen LogP contribution in [0.4, 0.5) is 13.2 Å². The average molecular weight is 438 g/mol. The van der Waals surface area contributed by atoms with E-state index >= 15 is 0 Å². The standard InChI is InChI=1S/C20H21F3N4O4/c21-20(22,23)8-12-9-24-5-6-26(12)10-11-1-2-13-14(7-11)19(31)27(18(13)30)15-3-4-16(28)25-17(15)29/h1-2,7,12,15,24H,3-6,8-10H2,(H,25,28,29). The molecule has 11 heteroatoms. The highest BCUT2D eigenvalue weighted by molar-refractivity contribution is 6.23. The number of piperidine rings is 1. The van der Waals surface area contributed by atoms with Crippen LogP contribution >= 0.6 is 0 Å². The van der Waals surface area contributed by atoms with Crippen LogP contribution in [0.15, 0.2) is 18.2 Å². The number of fused-ring (bicyclic) bond motifs is 1. The summed E-state index contributed by atoms with van der Waals surface area (Å²) in [5.74, 6) is -2.40. The summed E-state index contributed by atoms with van der Waals surface area (Å²) in [5, 5.41) is 5.10. The molecule has 2 atom stereocenters. The summed E-state index contributed by atoms with van der Waals surface area (Å²) in [5.41, 5.74) is 0.874. The second-order valence-electron chi connectivity index (χ2n) is 7.97. The van der Waals surface area contributed by atoms with Crippen LogP contribution in [-0.2, 0) is 16.1 Å². The Hall–Kier alpha value is -2.79. The predicted octanol–water partition coefficient (Wildman–Crippen LogP) is 0.814. The van der Waals surface area contributed by atoms with Gasteiger partial charge >= 0.3 is 6.18 Å². The fourth-order valence-electron chi connectivity index (χ4n) is 4.33. The van der Waals surface area contributed by atoms with Crippen molar-refractivity contribution in [2.75, 3.05) is 19.6 Å². The second-order valence-corrected chi connectivity index (χ2v) is 7.97. The van der Waals surface area contributed by atoms with Crippen molar-refractivity contribution in [2.24, 2.45) is 0 Å². The van der Waals surface area contributed by atoms with Gasteiger partial charge in [-0.3, -0.25) is 34.3 Å². The van der Waals surface area contributed by atoms with Crippen LogP contribution in [0.3, 0.4) is 0 Å². The van der Waals surface area contributed by atoms with Gasteiger partial charge in [-0.25, -0.2) is 0 Å². The van der Waals surface area contributed by atoms with E-state index in [1.807, 2.05) is 0 Å². The molecule has 0 radical (unpaired) electrons. The minimum Gasteiger partial charge on any atom is -0.314 e. The third-order valence-corrected chi connectivity index (χ3v) is 5.83. The maximum atomic E-state index is 12.9. The Morgan fingerprint density at radius 1 is 1.06 bits per heavy atom. The second kappa shape index (κ2) is 8.04. The molecule has 3 aliphatic rings. The van der Waals surface area contributed by atoms with Crippen LogP contribution in [0.5, 0.6) is 0 Å². The van der Waals surface area contributed by atoms with Gasteiger partial charge < -0.3 is 5.32 Å². The predicted molar refractivity (Wildman–Crippen MR) is 101 cm³/mol. The largest absolute Gasteiger partial charge is 0.390 e. The number of imide groups is 2. The highest BCUT2D eigenvalue weighted by atomic mass is 19.4. The van der Waals surface area contributed by atoms with Gasteiger partial charge in [0.05, 0.1) is 17.5 Å². The van der Waals surface area contributed by atoms with Crippen molar-refractivity contribution in [3.05, 3.63) is 34.9 Å². The summed E-state index contributed by atoms with van der Waals surface area (Å²) in [7, 11) is 0. The molecule has 2 saturated heterocycles. The number of nitrogens with zero attached hydrogens (tertiary/aromatic N) is 2. The third-order valence-electron chi connectivity index (χ3n) is 5.83. The quantitative estimate of drug-likeness (QED) is 0.676. The Kier molecular flexibility index (Phi) is 5.56. The molecule has 166 valence electrons. The van der Waals surface area contributed by atoms with Crippen LogP contribution < -0.4 is 10.6 Å². The van der Waals surface area contributed by atoms with Gasteiger partial charge in [-0.1, -0.05) is 6.07 Å². The van der Waals surface area contributed by atoms with E-state index in [4.69, 9.17) is 0 Å². The Balaban J connectivity index is 1.53. The van der Waals surface area contributed by atoms with Crippen LogP contribution in [0.25, 0.3) is 0 Å². The lowest BCUT2D eigenvalue weighted by atomic mass is 10.0. The Morgan fingerprint density at radius 2 is 1.81 bits per heavy atom. The zero-order valence-corrected chi connectivity index (χ0v) is 16.5. The van der Waals surface area contributed by atoms with Crippen LogP contribution in [-0.4, -0.2) is 71.3 Å². The van der Waals surface area contributed by atoms with E-state index in [-0.39, 0.29) is 37.1 Å². The van der Waals surface area contributed by atoms with E-state index in [0.717, 1.165) is 4.90 Å². The number of carbonyl (C=O) groups is 4. The number of benzene rings is 1. The number of carbonyl (C=O) groups excluding carboxylic acids is 4. The maximum Gasteiger partial charge on any atom is 0.390 e. The smallest absolute Gasteiger partial charge is 0.314 e. The highest BCUT2D eigenvalue weighted by Crippen LogP contribution is 2.30. The lowest BCUT2D eigenvalue weighted by Gasteiger charge is -2.36. The van der Waals surface area contributed by atoms with Crippen molar-refractivity contribution in [1.29, 1.82) is 0 Å². The fourth-order valence-corrected chi connectivity index (χ4v) is 4.33. The van der Waals surface area contributed by atoms with Crippen molar-refractivity contribution < 1.29 is 32.3 Å². The molecule has 4 amide bonds. The third kappa shape index (κ3) is 4.33. The van der Waals surface area contributed by atoms with Gasteiger partial charge in [-0.2, -0.15) is 13.2 Å². The first kappa shape index (κ1) is 21.4. The molecule has 0 aliphatic carbocycles. The van der Waals surface area contributed by atoms with Gasteiger partial charge in [-0.15, -0.1) is 0 Å². The molecule has 0 bridgehead atoms. The van der Waals surface area contributed by atoms with Crippen LogP contribution in [0, 0.1) is 0 Å². The molecule has 0 aromatic heterocycles. The van der Waals surface area contributed by atoms with E-state index in [0.29, 0.717) is 18.7 Å². The molecule has 4 rings (SSSR count). The lowest BCUT2D eigenvalue weighted by molar-refractivity contribution is -0.149. The van der Waals surface area contributed by atoms with Gasteiger partial charge in [0, 0.05) is 38.6 Å². The van der Waals surface area contributed by atoms with Crippen LogP contribution in [0.1, 0.15) is 45.5 Å². The number of hydrogen-bond acceptors (Lipinski definition) is 6. The average Bonchev–Trinajstić information content (AvgIpc) is 2.93. The number of nitrogens with one attached hydrogen (secondary N) is 2. The molecular formula is C20H21F3N4O4. The molecule has 0 spiro atoms. The summed E-state index contributed by atoms with van der Waals surface area (Å²) in [6.45, 7) is 1.40. The van der Waals surface area contributed by atoms with Crippen molar-refractivity contribution >= 4 is 23.6 Å². The fraction of sp³-hybridized carbons (Fsp3) is 0.500. The van der Waals surface area contributed by atoms with Gasteiger partial charge in [-0.05, 0) is 24.1 Å². The van der Waals surface area contributed by atoms with Gasteiger partial charge in [0.2, 0.25) is 11.8 Å². The van der Waals surface area contributed by atoms with E-state index in [9.17, 15) is 32.3 Å². The van der Waals surface area contributed by atoms with Crippen molar-refractivity contribution in [3.8, 4) is 0 Å². The van der Waals surface area contributed by atoms with Crippen molar-refractivity contribution in [3.63, 3.8) is 0 Å². The molecule has 2 N–H and O–H groups in total. The molecule has 3 heterocycles. The van der Waals surface area contributed by atoms with E-state index in [2.05, 4.69) is 10.6 Å². The number of amides is 4. The number of halogens is 3. The molecule has 3 aliphatic heterocycles. The van der Waals surface area contributed by atoms with Gasteiger partial charge in [0.15, 0.2) is 0 Å². The number of rotatable bonds is 4. The Bertz CT molecular complexity index is 949. The lowest BCUT2D eigenvalue weighted by Crippen LogP contribution is -2.54. The first-order valence-corrected chi connectivity index (χ1v) is 10.00. The minimum atomic E-state index is -4.29. The van der Waals surface area contributed by atoms with Crippen LogP contribution in [0.2, 0.25) is 0 Å². The summed E-state index contributed by atoms with van der Waals surface area (Å²) in [6, 6.07) is 2.81. The maximum absolute atomic E-state index is 12.9. The highest BCUT2D eigenvalue weighted by Gasteiger charge is 2.44. The molecule has 8 nitrogen and oxygen atoms in total. The Labute approximate surface area is 175 Å². The van der Waals surface area contributed by atoms with E-state index in [1.54, 1.807) is 11.0 Å². The molecule has 1 aromatic rings. The normalized spacial score (nSPS) is 25.1. The minimum absolute atomic E-state index is 0.0264. The number of hydrogen-bond donors (Lipinski definition) is 2. The number of alkyl halides is 3. The molecule has 1 aromatic carbocycles. The SMILES string of the molecule is O=C1CCC(N2C(=O)c3ccc(CN4CCNCC4CC(F)(F)F)cc3C2=O)C(=O)N1. The summed E-state index contributed by atoms with van der Waals surface area (Å²) in [6.07, 6.45) is -5.14. The zero-order chi connectivity index (χ0) is 22.3. The van der Waals surface area contributed by atoms with Crippen molar-refractivity contribution in [2.45, 2.75) is 44.1 Å². The molecule has 0 saturated carbocycles. The topological polar surface area (TPSA) is 98.8 Å². The van der Waals surface area contributed by atoms with Gasteiger partial charge in [0.1, 0.15) is 6.04 Å². The monoisotopic (exact) mass is 438 g/mol. The summed E-state index contributed by atoms with van der Waals surface area (Å²) >= 11 is 0. The first-order valence-electron chi connectivity index (χ1n) is 10.00. The molecule has 2 fully saturated rings. The van der Waals surface area contributed by atoms with E-state index in [1.165, 1.54) is 12.1 Å². The number of piperazine rings is 1. The molecular weight excluding hydrogens is 417 g/mol. The molecule has 31 heavy (non-hydrogen) atoms. The zero-order valence-electron chi connectivity index (χ0n) is 16.5. The Morgan fingerprint density at radius 3 is 2.52 bits per heavy atom. The first-order chi connectivity index (χ1) is 14.6. The summed E-state index contributed by atoms with van der Waals surface area (Å²) < 4.78 is 38.7. The summed E-state index contributed by atoms with van der Waals surface area (Å²) in [4.78, 5) is 51.7.